The van der Waals surface area contributed by atoms with Crippen LogP contribution in [-0.2, 0) is 0 Å². The van der Waals surface area contributed by atoms with Crippen LogP contribution in [0.2, 0.25) is 5.02 Å². The highest BCUT2D eigenvalue weighted by molar-refractivity contribution is 9.10. The number of hydrogen-bond acceptors (Lipinski definition) is 1. The second-order valence-electron chi connectivity index (χ2n) is 3.50. The highest BCUT2D eigenvalue weighted by Gasteiger charge is 2.11. The zero-order valence-corrected chi connectivity index (χ0v) is 11.0. The topological polar surface area (TPSA) is 37.3 Å². The zero-order valence-electron chi connectivity index (χ0n) is 8.65. The second-order valence-corrected chi connectivity index (χ2v) is 4.85. The van der Waals surface area contributed by atoms with Crippen molar-refractivity contribution in [2.45, 2.75) is 0 Å². The van der Waals surface area contributed by atoms with E-state index in [1.54, 1.807) is 12.1 Å². The molecule has 0 spiro atoms. The van der Waals surface area contributed by atoms with Gasteiger partial charge in [0.2, 0.25) is 0 Å². The smallest absolute Gasteiger partial charge is 0.336 e. The van der Waals surface area contributed by atoms with Crippen molar-refractivity contribution in [2.75, 3.05) is 0 Å². The van der Waals surface area contributed by atoms with Crippen LogP contribution in [0.4, 0.5) is 0 Å². The van der Waals surface area contributed by atoms with Crippen molar-refractivity contribution in [3.8, 4) is 11.1 Å². The van der Waals surface area contributed by atoms with Crippen LogP contribution in [0.5, 0.6) is 0 Å². The number of aromatic carboxylic acids is 1. The first-order chi connectivity index (χ1) is 8.08. The molecular formula is C13H8BrClO2. The van der Waals surface area contributed by atoms with Crippen LogP contribution < -0.4 is 0 Å². The number of carbonyl (C=O) groups is 1. The highest BCUT2D eigenvalue weighted by atomic mass is 79.9. The predicted molar refractivity (Wildman–Crippen MR) is 71.5 cm³/mol. The summed E-state index contributed by atoms with van der Waals surface area (Å²) in [5, 5.41) is 9.64. The molecule has 0 saturated carbocycles. The molecule has 2 nitrogen and oxygen atoms in total. The van der Waals surface area contributed by atoms with E-state index >= 15 is 0 Å². The molecule has 2 rings (SSSR count). The van der Waals surface area contributed by atoms with Crippen molar-refractivity contribution in [1.82, 2.24) is 0 Å². The number of halogens is 2. The molecule has 0 radical (unpaired) electrons. The average molecular weight is 312 g/mol. The van der Waals surface area contributed by atoms with Crippen LogP contribution in [0.25, 0.3) is 11.1 Å². The van der Waals surface area contributed by atoms with E-state index in [0.717, 1.165) is 10.0 Å². The van der Waals surface area contributed by atoms with Crippen LogP contribution >= 0.6 is 27.5 Å². The predicted octanol–water partition coefficient (Wildman–Crippen LogP) is 4.47. The van der Waals surface area contributed by atoms with Crippen molar-refractivity contribution in [3.05, 3.63) is 57.5 Å². The van der Waals surface area contributed by atoms with Crippen LogP contribution in [0.1, 0.15) is 10.4 Å². The zero-order chi connectivity index (χ0) is 12.4. The van der Waals surface area contributed by atoms with Gasteiger partial charge in [0, 0.05) is 9.50 Å². The summed E-state index contributed by atoms with van der Waals surface area (Å²) in [5.41, 5.74) is 1.70. The standard InChI is InChI=1S/C13H8BrClO2/c14-9-3-1-8(2-4-9)12-7-10(15)5-6-11(12)13(16)17/h1-7H,(H,16,17). The van der Waals surface area contributed by atoms with E-state index in [4.69, 9.17) is 16.7 Å². The van der Waals surface area contributed by atoms with Gasteiger partial charge >= 0.3 is 5.97 Å². The van der Waals surface area contributed by atoms with E-state index in [1.165, 1.54) is 6.07 Å². The molecule has 86 valence electrons. The quantitative estimate of drug-likeness (QED) is 0.888. The molecule has 17 heavy (non-hydrogen) atoms. The van der Waals surface area contributed by atoms with E-state index in [1.807, 2.05) is 24.3 Å². The van der Waals surface area contributed by atoms with E-state index in [9.17, 15) is 4.79 Å². The van der Waals surface area contributed by atoms with E-state index in [2.05, 4.69) is 15.9 Å². The highest BCUT2D eigenvalue weighted by Crippen LogP contribution is 2.28. The maximum atomic E-state index is 11.1. The molecule has 0 aliphatic carbocycles. The summed E-state index contributed by atoms with van der Waals surface area (Å²) in [6.45, 7) is 0. The van der Waals surface area contributed by atoms with Crippen molar-refractivity contribution in [1.29, 1.82) is 0 Å². The van der Waals surface area contributed by atoms with Crippen LogP contribution in [0.3, 0.4) is 0 Å². The van der Waals surface area contributed by atoms with Gasteiger partial charge in [0.05, 0.1) is 5.56 Å². The van der Waals surface area contributed by atoms with Crippen LogP contribution in [-0.4, -0.2) is 11.1 Å². The molecule has 0 atom stereocenters. The fraction of sp³-hybridized carbons (Fsp3) is 0. The Morgan fingerprint density at radius 3 is 2.35 bits per heavy atom. The first kappa shape index (κ1) is 12.1. The van der Waals surface area contributed by atoms with Crippen LogP contribution in [0, 0.1) is 0 Å². The third kappa shape index (κ3) is 2.68. The van der Waals surface area contributed by atoms with Crippen molar-refractivity contribution in [3.63, 3.8) is 0 Å². The fourth-order valence-corrected chi connectivity index (χ4v) is 2.01. The first-order valence-corrected chi connectivity index (χ1v) is 6.04. The second kappa shape index (κ2) is 4.90. The summed E-state index contributed by atoms with van der Waals surface area (Å²) in [7, 11) is 0. The third-order valence-corrected chi connectivity index (χ3v) is 3.13. The Morgan fingerprint density at radius 1 is 1.12 bits per heavy atom. The Balaban J connectivity index is 2.60. The van der Waals surface area contributed by atoms with E-state index in [0.29, 0.717) is 10.6 Å². The van der Waals surface area contributed by atoms with Crippen molar-refractivity contribution in [2.24, 2.45) is 0 Å². The minimum atomic E-state index is -0.959. The fourth-order valence-electron chi connectivity index (χ4n) is 1.57. The lowest BCUT2D eigenvalue weighted by molar-refractivity contribution is 0.0698. The van der Waals surface area contributed by atoms with E-state index < -0.39 is 5.97 Å². The molecule has 2 aromatic rings. The lowest BCUT2D eigenvalue weighted by atomic mass is 10.00. The monoisotopic (exact) mass is 310 g/mol. The van der Waals surface area contributed by atoms with Crippen LogP contribution in [0.15, 0.2) is 46.9 Å². The molecule has 0 aliphatic rings. The number of carboxylic acids is 1. The lowest BCUT2D eigenvalue weighted by Gasteiger charge is -2.07. The van der Waals surface area contributed by atoms with E-state index in [-0.39, 0.29) is 5.56 Å². The van der Waals surface area contributed by atoms with Crippen molar-refractivity contribution >= 4 is 33.5 Å². The van der Waals surface area contributed by atoms with Gasteiger partial charge < -0.3 is 5.11 Å². The molecular weight excluding hydrogens is 303 g/mol. The minimum absolute atomic E-state index is 0.247. The Labute approximate surface area is 112 Å². The molecule has 0 unspecified atom stereocenters. The average Bonchev–Trinajstić information content (AvgIpc) is 2.29. The summed E-state index contributed by atoms with van der Waals surface area (Å²) >= 11 is 9.24. The summed E-state index contributed by atoms with van der Waals surface area (Å²) in [4.78, 5) is 11.1. The summed E-state index contributed by atoms with van der Waals surface area (Å²) in [6, 6.07) is 12.2. The molecule has 0 aliphatic heterocycles. The molecule has 1 N–H and O–H groups in total. The Bertz CT molecular complexity index is 564. The maximum absolute atomic E-state index is 11.1. The number of hydrogen-bond donors (Lipinski definition) is 1. The Kier molecular flexibility index (Phi) is 3.50. The lowest BCUT2D eigenvalue weighted by Crippen LogP contribution is -1.99. The van der Waals surface area contributed by atoms with Gasteiger partial charge in [0.15, 0.2) is 0 Å². The molecule has 0 heterocycles. The Hall–Kier alpha value is -1.32. The molecule has 0 saturated heterocycles. The molecule has 0 bridgehead atoms. The van der Waals surface area contributed by atoms with Gasteiger partial charge in [-0.15, -0.1) is 0 Å². The number of benzene rings is 2. The van der Waals surface area contributed by atoms with Gasteiger partial charge in [-0.25, -0.2) is 4.79 Å². The summed E-state index contributed by atoms with van der Waals surface area (Å²) < 4.78 is 0.945. The molecule has 0 fully saturated rings. The Morgan fingerprint density at radius 2 is 1.76 bits per heavy atom. The summed E-state index contributed by atoms with van der Waals surface area (Å²) in [5.74, 6) is -0.959. The molecule has 0 amide bonds. The minimum Gasteiger partial charge on any atom is -0.478 e. The number of rotatable bonds is 2. The SMILES string of the molecule is O=C(O)c1ccc(Cl)cc1-c1ccc(Br)cc1. The molecule has 0 aromatic heterocycles. The van der Waals surface area contributed by atoms with Gasteiger partial charge in [-0.2, -0.15) is 0 Å². The molecule has 2 aromatic carbocycles. The largest absolute Gasteiger partial charge is 0.478 e. The van der Waals surface area contributed by atoms with Gasteiger partial charge in [-0.05, 0) is 41.5 Å². The normalized spacial score (nSPS) is 10.2. The maximum Gasteiger partial charge on any atom is 0.336 e. The first-order valence-electron chi connectivity index (χ1n) is 4.87. The van der Waals surface area contributed by atoms with Gasteiger partial charge in [0.25, 0.3) is 0 Å². The number of carboxylic acid groups (broad SMARTS) is 1. The van der Waals surface area contributed by atoms with Gasteiger partial charge in [0.1, 0.15) is 0 Å². The summed E-state index contributed by atoms with van der Waals surface area (Å²) in [6.07, 6.45) is 0. The molecule has 4 heteroatoms. The van der Waals surface area contributed by atoms with Gasteiger partial charge in [-0.1, -0.05) is 39.7 Å². The van der Waals surface area contributed by atoms with Gasteiger partial charge in [-0.3, -0.25) is 0 Å². The third-order valence-electron chi connectivity index (χ3n) is 2.37. The van der Waals surface area contributed by atoms with Crippen molar-refractivity contribution < 1.29 is 9.90 Å².